The fraction of sp³-hybridized carbons (Fsp3) is 0.235. The molecule has 3 rings (SSSR count). The van der Waals surface area contributed by atoms with E-state index in [0.717, 1.165) is 17.7 Å². The van der Waals surface area contributed by atoms with E-state index in [0.29, 0.717) is 13.0 Å². The molecule has 1 aliphatic heterocycles. The lowest BCUT2D eigenvalue weighted by molar-refractivity contribution is -0.385. The van der Waals surface area contributed by atoms with Crippen LogP contribution in [0, 0.1) is 10.1 Å². The van der Waals surface area contributed by atoms with Crippen LogP contribution in [-0.2, 0) is 4.74 Å². The summed E-state index contributed by atoms with van der Waals surface area (Å²) in [4.78, 5) is 22.4. The van der Waals surface area contributed by atoms with Crippen molar-refractivity contribution in [1.82, 2.24) is 5.32 Å². The zero-order chi connectivity index (χ0) is 17.1. The minimum Gasteiger partial charge on any atom is -0.502 e. The SMILES string of the molecule is O=C(N[C@H]1CCO[C@@H]1c1ccccc1)c1ccc([N+](=O)[O-])c(O)c1. The van der Waals surface area contributed by atoms with Crippen LogP contribution in [0.5, 0.6) is 5.75 Å². The minimum atomic E-state index is -0.701. The molecule has 0 spiro atoms. The van der Waals surface area contributed by atoms with E-state index in [2.05, 4.69) is 5.32 Å². The number of benzene rings is 2. The highest BCUT2D eigenvalue weighted by molar-refractivity contribution is 5.95. The summed E-state index contributed by atoms with van der Waals surface area (Å²) >= 11 is 0. The number of rotatable bonds is 4. The minimum absolute atomic E-state index is 0.164. The van der Waals surface area contributed by atoms with Gasteiger partial charge in [0.25, 0.3) is 5.91 Å². The van der Waals surface area contributed by atoms with E-state index in [1.807, 2.05) is 30.3 Å². The molecule has 2 N–H and O–H groups in total. The number of nitro groups is 1. The van der Waals surface area contributed by atoms with Crippen molar-refractivity contribution in [2.75, 3.05) is 6.61 Å². The van der Waals surface area contributed by atoms with Crippen LogP contribution < -0.4 is 5.32 Å². The molecule has 0 saturated carbocycles. The van der Waals surface area contributed by atoms with Crippen molar-refractivity contribution in [3.05, 3.63) is 69.8 Å². The lowest BCUT2D eigenvalue weighted by Gasteiger charge is -2.20. The molecule has 7 nitrogen and oxygen atoms in total. The van der Waals surface area contributed by atoms with Crippen molar-refractivity contribution in [2.45, 2.75) is 18.6 Å². The van der Waals surface area contributed by atoms with Gasteiger partial charge in [-0.1, -0.05) is 30.3 Å². The lowest BCUT2D eigenvalue weighted by Crippen LogP contribution is -2.36. The summed E-state index contributed by atoms with van der Waals surface area (Å²) in [7, 11) is 0. The molecule has 2 atom stereocenters. The molecule has 7 heteroatoms. The second kappa shape index (κ2) is 6.67. The molecule has 24 heavy (non-hydrogen) atoms. The Bertz CT molecular complexity index is 763. The number of nitrogens with one attached hydrogen (secondary N) is 1. The summed E-state index contributed by atoms with van der Waals surface area (Å²) in [5.74, 6) is -0.938. The third kappa shape index (κ3) is 3.21. The highest BCUT2D eigenvalue weighted by atomic mass is 16.6. The van der Waals surface area contributed by atoms with Gasteiger partial charge >= 0.3 is 5.69 Å². The maximum atomic E-state index is 12.4. The zero-order valence-electron chi connectivity index (χ0n) is 12.7. The smallest absolute Gasteiger partial charge is 0.310 e. The molecule has 2 aromatic rings. The van der Waals surface area contributed by atoms with Crippen LogP contribution in [0.1, 0.15) is 28.4 Å². The summed E-state index contributed by atoms with van der Waals surface area (Å²) in [5.41, 5.74) is 0.710. The number of carbonyl (C=O) groups excluding carboxylic acids is 1. The second-order valence-corrected chi connectivity index (χ2v) is 5.53. The van der Waals surface area contributed by atoms with Crippen LogP contribution in [0.4, 0.5) is 5.69 Å². The first-order valence-electron chi connectivity index (χ1n) is 7.51. The Hall–Kier alpha value is -2.93. The van der Waals surface area contributed by atoms with Crippen molar-refractivity contribution in [2.24, 2.45) is 0 Å². The van der Waals surface area contributed by atoms with E-state index in [9.17, 15) is 20.0 Å². The molecule has 0 aromatic heterocycles. The Balaban J connectivity index is 1.74. The molecule has 1 saturated heterocycles. The van der Waals surface area contributed by atoms with Crippen molar-refractivity contribution >= 4 is 11.6 Å². The molecule has 1 amide bonds. The molecule has 1 heterocycles. The van der Waals surface area contributed by atoms with Gasteiger partial charge in [0, 0.05) is 18.2 Å². The quantitative estimate of drug-likeness (QED) is 0.663. The Labute approximate surface area is 138 Å². The summed E-state index contributed by atoms with van der Waals surface area (Å²) in [6.07, 6.45) is 0.436. The van der Waals surface area contributed by atoms with Gasteiger partial charge in [-0.2, -0.15) is 0 Å². The maximum Gasteiger partial charge on any atom is 0.310 e. The monoisotopic (exact) mass is 328 g/mol. The van der Waals surface area contributed by atoms with E-state index in [1.165, 1.54) is 6.07 Å². The maximum absolute atomic E-state index is 12.4. The molecule has 1 fully saturated rings. The number of carbonyl (C=O) groups is 1. The van der Waals surface area contributed by atoms with Crippen LogP contribution >= 0.6 is 0 Å². The third-order valence-electron chi connectivity index (χ3n) is 3.97. The number of aromatic hydroxyl groups is 1. The van der Waals surface area contributed by atoms with Crippen molar-refractivity contribution in [3.63, 3.8) is 0 Å². The van der Waals surface area contributed by atoms with Gasteiger partial charge in [0.15, 0.2) is 5.75 Å². The van der Waals surface area contributed by atoms with Gasteiger partial charge in [-0.15, -0.1) is 0 Å². The van der Waals surface area contributed by atoms with Gasteiger partial charge in [0.1, 0.15) is 6.10 Å². The van der Waals surface area contributed by atoms with E-state index in [1.54, 1.807) is 0 Å². The fourth-order valence-corrected chi connectivity index (χ4v) is 2.78. The number of nitro benzene ring substituents is 1. The Morgan fingerprint density at radius 1 is 1.25 bits per heavy atom. The van der Waals surface area contributed by atoms with E-state index < -0.39 is 22.3 Å². The van der Waals surface area contributed by atoms with Gasteiger partial charge < -0.3 is 15.2 Å². The highest BCUT2D eigenvalue weighted by Crippen LogP contribution is 2.30. The number of ether oxygens (including phenoxy) is 1. The first-order chi connectivity index (χ1) is 11.6. The van der Waals surface area contributed by atoms with E-state index in [-0.39, 0.29) is 17.7 Å². The predicted molar refractivity (Wildman–Crippen MR) is 85.8 cm³/mol. The van der Waals surface area contributed by atoms with E-state index in [4.69, 9.17) is 4.74 Å². The summed E-state index contributed by atoms with van der Waals surface area (Å²) < 4.78 is 5.71. The molecule has 0 aliphatic carbocycles. The Morgan fingerprint density at radius 3 is 2.67 bits per heavy atom. The van der Waals surface area contributed by atoms with Crippen molar-refractivity contribution < 1.29 is 19.6 Å². The number of phenolic OH excluding ortho intramolecular Hbond substituents is 1. The summed E-state index contributed by atoms with van der Waals surface area (Å²) in [5, 5.41) is 23.2. The summed E-state index contributed by atoms with van der Waals surface area (Å²) in [6, 6.07) is 12.9. The van der Waals surface area contributed by atoms with Gasteiger partial charge in [0.05, 0.1) is 11.0 Å². The molecule has 1 aliphatic rings. The molecule has 2 aromatic carbocycles. The Kier molecular flexibility index (Phi) is 4.43. The van der Waals surface area contributed by atoms with Gasteiger partial charge in [-0.3, -0.25) is 14.9 Å². The number of phenols is 1. The number of hydrogen-bond donors (Lipinski definition) is 2. The number of hydrogen-bond acceptors (Lipinski definition) is 5. The molecule has 0 unspecified atom stereocenters. The van der Waals surface area contributed by atoms with Crippen LogP contribution in [0.25, 0.3) is 0 Å². The lowest BCUT2D eigenvalue weighted by atomic mass is 10.0. The second-order valence-electron chi connectivity index (χ2n) is 5.53. The van der Waals surface area contributed by atoms with Crippen molar-refractivity contribution in [3.8, 4) is 5.75 Å². The Morgan fingerprint density at radius 2 is 2.00 bits per heavy atom. The average Bonchev–Trinajstić information content (AvgIpc) is 3.03. The number of nitrogens with zero attached hydrogens (tertiary/aromatic N) is 1. The molecule has 0 bridgehead atoms. The van der Waals surface area contributed by atoms with Crippen LogP contribution in [0.2, 0.25) is 0 Å². The fourth-order valence-electron chi connectivity index (χ4n) is 2.78. The predicted octanol–water partition coefficient (Wildman–Crippen LogP) is 2.56. The van der Waals surface area contributed by atoms with Crippen molar-refractivity contribution in [1.29, 1.82) is 0 Å². The zero-order valence-corrected chi connectivity index (χ0v) is 12.7. The largest absolute Gasteiger partial charge is 0.502 e. The molecule has 124 valence electrons. The van der Waals surface area contributed by atoms with E-state index >= 15 is 0 Å². The molecular formula is C17H16N2O5. The number of amides is 1. The molecular weight excluding hydrogens is 312 g/mol. The normalized spacial score (nSPS) is 19.8. The standard InChI is InChI=1S/C17H16N2O5/c20-15-10-12(6-7-14(15)19(22)23)17(21)18-13-8-9-24-16(13)11-4-2-1-3-5-11/h1-7,10,13,16,20H,8-9H2,(H,18,21)/t13-,16+/m0/s1. The first-order valence-corrected chi connectivity index (χ1v) is 7.51. The first kappa shape index (κ1) is 15.9. The van der Waals surface area contributed by atoms with Gasteiger partial charge in [-0.25, -0.2) is 0 Å². The van der Waals surface area contributed by atoms with Crippen LogP contribution in [0.15, 0.2) is 48.5 Å². The van der Waals surface area contributed by atoms with Crippen LogP contribution in [0.3, 0.4) is 0 Å². The average molecular weight is 328 g/mol. The third-order valence-corrected chi connectivity index (χ3v) is 3.97. The van der Waals surface area contributed by atoms with Gasteiger partial charge in [0.2, 0.25) is 0 Å². The summed E-state index contributed by atoms with van der Waals surface area (Å²) in [6.45, 7) is 0.538. The highest BCUT2D eigenvalue weighted by Gasteiger charge is 2.31. The van der Waals surface area contributed by atoms with Gasteiger partial charge in [-0.05, 0) is 24.1 Å². The molecule has 0 radical (unpaired) electrons. The van der Waals surface area contributed by atoms with Crippen LogP contribution in [-0.4, -0.2) is 28.6 Å². The topological polar surface area (TPSA) is 102 Å².